The van der Waals surface area contributed by atoms with Crippen molar-refractivity contribution in [1.29, 1.82) is 0 Å². The van der Waals surface area contributed by atoms with Gasteiger partial charge in [-0.05, 0) is 48.1 Å². The van der Waals surface area contributed by atoms with Gasteiger partial charge >= 0.3 is 12.4 Å². The summed E-state index contributed by atoms with van der Waals surface area (Å²) in [5.41, 5.74) is -1.84. The van der Waals surface area contributed by atoms with Crippen molar-refractivity contribution >= 4 is 0 Å². The Hall–Kier alpha value is -2.88. The average Bonchev–Trinajstić information content (AvgIpc) is 3.30. The highest BCUT2D eigenvalue weighted by molar-refractivity contribution is 5.33. The fourth-order valence-electron chi connectivity index (χ4n) is 4.70. The number of hydrogen-bond acceptors (Lipinski definition) is 3. The van der Waals surface area contributed by atoms with Gasteiger partial charge in [0.15, 0.2) is 5.82 Å². The standard InChI is InChI=1S/C24H23F6N3O/c25-23(26,27)18-9-15(10-19(12-18)24(28,29)30)13-34-20-8-4-7-17(11-21-31-14-32-33-21)22(20)16-5-2-1-3-6-16/h1-3,5-6,9-10,12,14,17,20,22H,4,7-8,11,13H2,(H,31,32,33)/t17-,20+,22-/m1/s1. The molecular weight excluding hydrogens is 460 g/mol. The molecule has 3 aromatic rings. The Morgan fingerprint density at radius 2 is 1.59 bits per heavy atom. The Morgan fingerprint density at radius 3 is 2.18 bits per heavy atom. The fourth-order valence-corrected chi connectivity index (χ4v) is 4.70. The topological polar surface area (TPSA) is 50.8 Å². The minimum atomic E-state index is -4.89. The van der Waals surface area contributed by atoms with Crippen LogP contribution in [0.25, 0.3) is 0 Å². The first-order valence-corrected chi connectivity index (χ1v) is 10.9. The first kappa shape index (κ1) is 24.3. The second kappa shape index (κ2) is 9.77. The molecule has 0 saturated heterocycles. The summed E-state index contributed by atoms with van der Waals surface area (Å²) in [4.78, 5) is 4.20. The van der Waals surface area contributed by atoms with E-state index in [1.165, 1.54) is 6.33 Å². The minimum Gasteiger partial charge on any atom is -0.373 e. The number of ether oxygens (including phenoxy) is 1. The van der Waals surface area contributed by atoms with E-state index in [0.29, 0.717) is 18.7 Å². The first-order chi connectivity index (χ1) is 16.1. The average molecular weight is 483 g/mol. The van der Waals surface area contributed by atoms with E-state index in [2.05, 4.69) is 15.2 Å². The molecule has 0 radical (unpaired) electrons. The summed E-state index contributed by atoms with van der Waals surface area (Å²) in [5, 5.41) is 6.82. The number of H-pyrrole nitrogens is 1. The molecule has 1 N–H and O–H groups in total. The summed E-state index contributed by atoms with van der Waals surface area (Å²) in [5.74, 6) is 0.671. The molecule has 182 valence electrons. The summed E-state index contributed by atoms with van der Waals surface area (Å²) in [7, 11) is 0. The van der Waals surface area contributed by atoms with E-state index in [4.69, 9.17) is 4.74 Å². The maximum atomic E-state index is 13.2. The van der Waals surface area contributed by atoms with Crippen LogP contribution in [0.5, 0.6) is 0 Å². The van der Waals surface area contributed by atoms with Crippen LogP contribution in [0.15, 0.2) is 54.9 Å². The molecule has 1 saturated carbocycles. The van der Waals surface area contributed by atoms with Crippen LogP contribution in [0.2, 0.25) is 0 Å². The van der Waals surface area contributed by atoms with Crippen molar-refractivity contribution in [3.8, 4) is 0 Å². The summed E-state index contributed by atoms with van der Waals surface area (Å²) >= 11 is 0. The normalized spacial score (nSPS) is 21.5. The van der Waals surface area contributed by atoms with E-state index in [0.717, 1.165) is 30.5 Å². The van der Waals surface area contributed by atoms with Gasteiger partial charge in [0.1, 0.15) is 6.33 Å². The molecule has 1 aliphatic carbocycles. The van der Waals surface area contributed by atoms with Gasteiger partial charge in [-0.3, -0.25) is 5.10 Å². The van der Waals surface area contributed by atoms with Crippen LogP contribution in [0.3, 0.4) is 0 Å². The molecule has 10 heteroatoms. The van der Waals surface area contributed by atoms with Crippen LogP contribution in [0.1, 0.15) is 53.3 Å². The summed E-state index contributed by atoms with van der Waals surface area (Å²) in [6.07, 6.45) is -5.72. The van der Waals surface area contributed by atoms with Crippen LogP contribution >= 0.6 is 0 Å². The van der Waals surface area contributed by atoms with Crippen LogP contribution < -0.4 is 0 Å². The Morgan fingerprint density at radius 1 is 0.912 bits per heavy atom. The number of aromatic nitrogens is 3. The molecule has 3 atom stereocenters. The van der Waals surface area contributed by atoms with Crippen molar-refractivity contribution in [2.45, 2.75) is 56.7 Å². The lowest BCUT2D eigenvalue weighted by Crippen LogP contribution is -2.34. The van der Waals surface area contributed by atoms with Gasteiger partial charge in [0.2, 0.25) is 0 Å². The highest BCUT2D eigenvalue weighted by Crippen LogP contribution is 2.42. The molecule has 1 aromatic heterocycles. The smallest absolute Gasteiger partial charge is 0.373 e. The predicted molar refractivity (Wildman–Crippen MR) is 112 cm³/mol. The van der Waals surface area contributed by atoms with Crippen molar-refractivity contribution < 1.29 is 31.1 Å². The van der Waals surface area contributed by atoms with Gasteiger partial charge in [-0.25, -0.2) is 4.98 Å². The van der Waals surface area contributed by atoms with E-state index >= 15 is 0 Å². The first-order valence-electron chi connectivity index (χ1n) is 10.9. The van der Waals surface area contributed by atoms with Gasteiger partial charge in [-0.2, -0.15) is 31.4 Å². The molecule has 1 fully saturated rings. The van der Waals surface area contributed by atoms with E-state index in [1.807, 2.05) is 30.3 Å². The minimum absolute atomic E-state index is 0.0960. The molecule has 2 aromatic carbocycles. The van der Waals surface area contributed by atoms with E-state index in [1.54, 1.807) is 0 Å². The maximum absolute atomic E-state index is 13.2. The Kier molecular flexibility index (Phi) is 6.97. The number of aromatic amines is 1. The molecule has 1 heterocycles. The Balaban J connectivity index is 1.59. The third-order valence-electron chi connectivity index (χ3n) is 6.18. The molecule has 0 amide bonds. The zero-order chi connectivity index (χ0) is 24.3. The number of hydrogen-bond donors (Lipinski definition) is 1. The van der Waals surface area contributed by atoms with Gasteiger partial charge in [0, 0.05) is 12.3 Å². The third kappa shape index (κ3) is 5.78. The lowest BCUT2D eigenvalue weighted by molar-refractivity contribution is -0.143. The number of nitrogens with zero attached hydrogens (tertiary/aromatic N) is 2. The van der Waals surface area contributed by atoms with Crippen LogP contribution in [0, 0.1) is 5.92 Å². The highest BCUT2D eigenvalue weighted by atomic mass is 19.4. The van der Waals surface area contributed by atoms with Gasteiger partial charge in [-0.15, -0.1) is 0 Å². The van der Waals surface area contributed by atoms with Crippen molar-refractivity contribution in [3.63, 3.8) is 0 Å². The summed E-state index contributed by atoms with van der Waals surface area (Å²) in [6, 6.07) is 11.2. The molecule has 0 aliphatic heterocycles. The molecule has 1 aliphatic rings. The van der Waals surface area contributed by atoms with E-state index in [9.17, 15) is 26.3 Å². The predicted octanol–water partition coefficient (Wildman–Crippen LogP) is 6.55. The highest BCUT2D eigenvalue weighted by Gasteiger charge is 2.38. The summed E-state index contributed by atoms with van der Waals surface area (Å²) < 4.78 is 85.4. The molecule has 0 bridgehead atoms. The number of alkyl halides is 6. The van der Waals surface area contributed by atoms with Gasteiger partial charge in [-0.1, -0.05) is 36.8 Å². The largest absolute Gasteiger partial charge is 0.416 e. The number of benzene rings is 2. The zero-order valence-corrected chi connectivity index (χ0v) is 18.0. The van der Waals surface area contributed by atoms with E-state index in [-0.39, 0.29) is 36.2 Å². The molecule has 0 unspecified atom stereocenters. The van der Waals surface area contributed by atoms with Gasteiger partial charge < -0.3 is 4.74 Å². The van der Waals surface area contributed by atoms with E-state index < -0.39 is 23.5 Å². The molecular formula is C24H23F6N3O. The maximum Gasteiger partial charge on any atom is 0.416 e. The fraction of sp³-hybridized carbons (Fsp3) is 0.417. The number of halogens is 6. The lowest BCUT2D eigenvalue weighted by atomic mass is 9.72. The van der Waals surface area contributed by atoms with Gasteiger partial charge in [0.05, 0.1) is 23.8 Å². The van der Waals surface area contributed by atoms with Crippen molar-refractivity contribution in [2.24, 2.45) is 5.92 Å². The Bertz CT molecular complexity index is 1030. The lowest BCUT2D eigenvalue weighted by Gasteiger charge is -2.38. The van der Waals surface area contributed by atoms with Crippen molar-refractivity contribution in [1.82, 2.24) is 15.2 Å². The Labute approximate surface area is 192 Å². The second-order valence-electron chi connectivity index (χ2n) is 8.51. The second-order valence-corrected chi connectivity index (χ2v) is 8.51. The number of nitrogens with one attached hydrogen (secondary N) is 1. The SMILES string of the molecule is FC(F)(F)c1cc(CO[C@H]2CCC[C@H](Cc3nc[nH]n3)[C@H]2c2ccccc2)cc(C(F)(F)F)c1. The molecule has 4 rings (SSSR count). The molecule has 0 spiro atoms. The van der Waals surface area contributed by atoms with Crippen molar-refractivity contribution in [3.05, 3.63) is 82.9 Å². The van der Waals surface area contributed by atoms with Crippen molar-refractivity contribution in [2.75, 3.05) is 0 Å². The van der Waals surface area contributed by atoms with Crippen LogP contribution in [-0.2, 0) is 30.1 Å². The monoisotopic (exact) mass is 483 g/mol. The van der Waals surface area contributed by atoms with Gasteiger partial charge in [0.25, 0.3) is 0 Å². The van der Waals surface area contributed by atoms with Crippen LogP contribution in [0.4, 0.5) is 26.3 Å². The van der Waals surface area contributed by atoms with Crippen LogP contribution in [-0.4, -0.2) is 21.3 Å². The zero-order valence-electron chi connectivity index (χ0n) is 18.0. The molecule has 4 nitrogen and oxygen atoms in total. The molecule has 34 heavy (non-hydrogen) atoms. The quantitative estimate of drug-likeness (QED) is 0.405. The summed E-state index contributed by atoms with van der Waals surface area (Å²) in [6.45, 7) is -0.353. The number of rotatable bonds is 6. The third-order valence-corrected chi connectivity index (χ3v) is 6.18.